The summed E-state index contributed by atoms with van der Waals surface area (Å²) >= 11 is 0. The van der Waals surface area contributed by atoms with Gasteiger partial charge in [0.15, 0.2) is 0 Å². The Kier molecular flexibility index (Phi) is 4.70. The Hall–Kier alpha value is -1.14. The third kappa shape index (κ3) is 3.18. The summed E-state index contributed by atoms with van der Waals surface area (Å²) in [5.41, 5.74) is 5.63. The highest BCUT2D eigenvalue weighted by molar-refractivity contribution is 5.82. The molecule has 1 heterocycles. The SMILES string of the molecule is NC(CCC(=O)O)C(=O)N1CCCC1CO. The Morgan fingerprint density at radius 1 is 1.50 bits per heavy atom. The van der Waals surface area contributed by atoms with Crippen LogP contribution in [0, 0.1) is 0 Å². The summed E-state index contributed by atoms with van der Waals surface area (Å²) in [6, 6.07) is -0.924. The summed E-state index contributed by atoms with van der Waals surface area (Å²) in [7, 11) is 0. The van der Waals surface area contributed by atoms with Crippen molar-refractivity contribution in [2.75, 3.05) is 13.2 Å². The molecule has 0 bridgehead atoms. The predicted molar refractivity (Wildman–Crippen MR) is 56.7 cm³/mol. The molecule has 1 aliphatic heterocycles. The fourth-order valence-electron chi connectivity index (χ4n) is 1.93. The Morgan fingerprint density at radius 2 is 2.19 bits per heavy atom. The number of aliphatic hydroxyl groups excluding tert-OH is 1. The van der Waals surface area contributed by atoms with Crippen LogP contribution < -0.4 is 5.73 Å². The molecule has 4 N–H and O–H groups in total. The molecule has 0 aromatic rings. The number of nitrogens with zero attached hydrogens (tertiary/aromatic N) is 1. The number of nitrogens with two attached hydrogens (primary N) is 1. The van der Waals surface area contributed by atoms with Crippen LogP contribution in [-0.4, -0.2) is 52.2 Å². The van der Waals surface area contributed by atoms with Gasteiger partial charge in [-0.05, 0) is 19.3 Å². The number of hydrogen-bond acceptors (Lipinski definition) is 4. The molecule has 0 aromatic carbocycles. The van der Waals surface area contributed by atoms with Crippen molar-refractivity contribution in [1.82, 2.24) is 4.90 Å². The zero-order chi connectivity index (χ0) is 12.1. The molecule has 0 radical (unpaired) electrons. The molecule has 0 spiro atoms. The molecule has 92 valence electrons. The number of rotatable bonds is 5. The van der Waals surface area contributed by atoms with Crippen LogP contribution >= 0.6 is 0 Å². The van der Waals surface area contributed by atoms with E-state index in [4.69, 9.17) is 15.9 Å². The zero-order valence-electron chi connectivity index (χ0n) is 9.13. The van der Waals surface area contributed by atoms with E-state index in [9.17, 15) is 9.59 Å². The topological polar surface area (TPSA) is 104 Å². The van der Waals surface area contributed by atoms with Crippen LogP contribution in [0.15, 0.2) is 0 Å². The van der Waals surface area contributed by atoms with Crippen LogP contribution in [-0.2, 0) is 9.59 Å². The van der Waals surface area contributed by atoms with Crippen molar-refractivity contribution in [1.29, 1.82) is 0 Å². The highest BCUT2D eigenvalue weighted by Gasteiger charge is 2.31. The molecule has 1 fully saturated rings. The predicted octanol–water partition coefficient (Wildman–Crippen LogP) is -0.838. The van der Waals surface area contributed by atoms with Crippen LogP contribution in [0.1, 0.15) is 25.7 Å². The van der Waals surface area contributed by atoms with Crippen LogP contribution in [0.5, 0.6) is 0 Å². The van der Waals surface area contributed by atoms with Crippen molar-refractivity contribution in [3.63, 3.8) is 0 Å². The first-order valence-electron chi connectivity index (χ1n) is 5.45. The highest BCUT2D eigenvalue weighted by Crippen LogP contribution is 2.18. The first-order chi connectivity index (χ1) is 7.56. The van der Waals surface area contributed by atoms with Crippen molar-refractivity contribution in [2.45, 2.75) is 37.8 Å². The van der Waals surface area contributed by atoms with Gasteiger partial charge in [-0.2, -0.15) is 0 Å². The van der Waals surface area contributed by atoms with E-state index in [0.717, 1.165) is 12.8 Å². The number of amides is 1. The summed E-state index contributed by atoms with van der Waals surface area (Å²) in [6.45, 7) is 0.544. The molecular formula is C10H18N2O4. The van der Waals surface area contributed by atoms with Gasteiger partial charge in [-0.25, -0.2) is 0 Å². The van der Waals surface area contributed by atoms with Crippen LogP contribution in [0.4, 0.5) is 0 Å². The molecule has 1 amide bonds. The fourth-order valence-corrected chi connectivity index (χ4v) is 1.93. The lowest BCUT2D eigenvalue weighted by Crippen LogP contribution is -2.47. The van der Waals surface area contributed by atoms with E-state index in [-0.39, 0.29) is 31.4 Å². The largest absolute Gasteiger partial charge is 0.481 e. The number of carbonyl (C=O) groups excluding carboxylic acids is 1. The number of likely N-dealkylation sites (tertiary alicyclic amines) is 1. The number of carboxylic acid groups (broad SMARTS) is 1. The van der Waals surface area contributed by atoms with Gasteiger partial charge in [0.25, 0.3) is 0 Å². The lowest BCUT2D eigenvalue weighted by molar-refractivity contribution is -0.138. The average molecular weight is 230 g/mol. The smallest absolute Gasteiger partial charge is 0.303 e. The maximum absolute atomic E-state index is 11.8. The summed E-state index contributed by atoms with van der Waals surface area (Å²) in [6.07, 6.45) is 1.68. The number of carboxylic acids is 1. The Labute approximate surface area is 94.0 Å². The minimum atomic E-state index is -0.955. The second kappa shape index (κ2) is 5.81. The lowest BCUT2D eigenvalue weighted by Gasteiger charge is -2.25. The second-order valence-electron chi connectivity index (χ2n) is 4.05. The van der Waals surface area contributed by atoms with Gasteiger partial charge >= 0.3 is 5.97 Å². The van der Waals surface area contributed by atoms with Crippen molar-refractivity contribution in [3.8, 4) is 0 Å². The van der Waals surface area contributed by atoms with E-state index in [1.165, 1.54) is 0 Å². The monoisotopic (exact) mass is 230 g/mol. The van der Waals surface area contributed by atoms with E-state index in [1.807, 2.05) is 0 Å². The van der Waals surface area contributed by atoms with Gasteiger partial charge < -0.3 is 20.8 Å². The molecule has 2 unspecified atom stereocenters. The van der Waals surface area contributed by atoms with Gasteiger partial charge in [0.1, 0.15) is 0 Å². The molecule has 0 saturated carbocycles. The molecule has 2 atom stereocenters. The molecule has 6 heteroatoms. The van der Waals surface area contributed by atoms with Crippen LogP contribution in [0.2, 0.25) is 0 Å². The van der Waals surface area contributed by atoms with Crippen molar-refractivity contribution >= 4 is 11.9 Å². The quantitative estimate of drug-likeness (QED) is 0.571. The number of aliphatic hydroxyl groups is 1. The standard InChI is InChI=1S/C10H18N2O4/c11-8(3-4-9(14)15)10(16)12-5-1-2-7(12)6-13/h7-8,13H,1-6,11H2,(H,14,15). The third-order valence-corrected chi connectivity index (χ3v) is 2.86. The van der Waals surface area contributed by atoms with Crippen molar-refractivity contribution in [3.05, 3.63) is 0 Å². The van der Waals surface area contributed by atoms with Gasteiger partial charge in [-0.1, -0.05) is 0 Å². The molecule has 16 heavy (non-hydrogen) atoms. The van der Waals surface area contributed by atoms with Crippen LogP contribution in [0.3, 0.4) is 0 Å². The number of hydrogen-bond donors (Lipinski definition) is 3. The maximum Gasteiger partial charge on any atom is 0.303 e. The van der Waals surface area contributed by atoms with Crippen molar-refractivity contribution < 1.29 is 19.8 Å². The average Bonchev–Trinajstić information content (AvgIpc) is 2.72. The number of aliphatic carboxylic acids is 1. The Balaban J connectivity index is 2.46. The minimum Gasteiger partial charge on any atom is -0.481 e. The van der Waals surface area contributed by atoms with Crippen LogP contribution in [0.25, 0.3) is 0 Å². The van der Waals surface area contributed by atoms with E-state index in [0.29, 0.717) is 6.54 Å². The molecule has 1 saturated heterocycles. The van der Waals surface area contributed by atoms with Gasteiger partial charge in [0, 0.05) is 13.0 Å². The molecule has 1 aliphatic rings. The van der Waals surface area contributed by atoms with Gasteiger partial charge in [0.2, 0.25) is 5.91 Å². The summed E-state index contributed by atoms with van der Waals surface area (Å²) in [4.78, 5) is 23.7. The van der Waals surface area contributed by atoms with E-state index >= 15 is 0 Å². The molecule has 6 nitrogen and oxygen atoms in total. The minimum absolute atomic E-state index is 0.0581. The molecular weight excluding hydrogens is 212 g/mol. The first-order valence-corrected chi connectivity index (χ1v) is 5.45. The van der Waals surface area contributed by atoms with E-state index in [2.05, 4.69) is 0 Å². The summed E-state index contributed by atoms with van der Waals surface area (Å²) in [5.74, 6) is -1.21. The molecule has 0 aliphatic carbocycles. The van der Waals surface area contributed by atoms with Gasteiger partial charge in [0.05, 0.1) is 18.7 Å². The second-order valence-corrected chi connectivity index (χ2v) is 4.05. The van der Waals surface area contributed by atoms with Gasteiger partial charge in [-0.3, -0.25) is 9.59 Å². The van der Waals surface area contributed by atoms with E-state index in [1.54, 1.807) is 4.90 Å². The lowest BCUT2D eigenvalue weighted by atomic mass is 10.1. The van der Waals surface area contributed by atoms with Gasteiger partial charge in [-0.15, -0.1) is 0 Å². The van der Waals surface area contributed by atoms with Crippen molar-refractivity contribution in [2.24, 2.45) is 5.73 Å². The maximum atomic E-state index is 11.8. The normalized spacial score (nSPS) is 22.1. The molecule has 0 aromatic heterocycles. The summed E-state index contributed by atoms with van der Waals surface area (Å²) < 4.78 is 0. The number of carbonyl (C=O) groups is 2. The highest BCUT2D eigenvalue weighted by atomic mass is 16.4. The summed E-state index contributed by atoms with van der Waals surface area (Å²) in [5, 5.41) is 17.5. The Morgan fingerprint density at radius 3 is 2.75 bits per heavy atom. The molecule has 1 rings (SSSR count). The zero-order valence-corrected chi connectivity index (χ0v) is 9.13. The first kappa shape index (κ1) is 12.9. The fraction of sp³-hybridized carbons (Fsp3) is 0.800. The van der Waals surface area contributed by atoms with E-state index < -0.39 is 12.0 Å². The Bertz CT molecular complexity index is 270. The third-order valence-electron chi connectivity index (χ3n) is 2.86.